The van der Waals surface area contributed by atoms with Crippen LogP contribution in [-0.4, -0.2) is 62.1 Å². The summed E-state index contributed by atoms with van der Waals surface area (Å²) in [5.74, 6) is -2.32. The number of fused-ring (bicyclic) bond motifs is 2. The molecule has 2 atom stereocenters. The Morgan fingerprint density at radius 3 is 2.94 bits per heavy atom. The van der Waals surface area contributed by atoms with Crippen molar-refractivity contribution in [1.29, 1.82) is 0 Å². The minimum Gasteiger partial charge on any atom is -0.543 e. The summed E-state index contributed by atoms with van der Waals surface area (Å²) in [7, 11) is 1.28. The molecule has 14 heteroatoms. The van der Waals surface area contributed by atoms with E-state index in [1.807, 2.05) is 45.9 Å². The molecule has 5 heterocycles. The van der Waals surface area contributed by atoms with E-state index in [0.29, 0.717) is 11.3 Å². The second kappa shape index (κ2) is 9.03. The molecule has 2 amide bonds. The summed E-state index contributed by atoms with van der Waals surface area (Å²) in [5, 5.41) is 19.6. The molecule has 2 aliphatic heterocycles. The zero-order chi connectivity index (χ0) is 24.7. The van der Waals surface area contributed by atoms with Gasteiger partial charge >= 0.3 is 0 Å². The van der Waals surface area contributed by atoms with Gasteiger partial charge in [-0.15, -0.1) is 23.1 Å². The number of carbonyl (C=O) groups excluding carboxylic acids is 3. The Labute approximate surface area is 206 Å². The van der Waals surface area contributed by atoms with Gasteiger partial charge in [0, 0.05) is 16.7 Å². The first-order chi connectivity index (χ1) is 16.9. The fourth-order valence-electron chi connectivity index (χ4n) is 4.05. The number of β-lactam (4-membered cyclic amide) rings is 1. The van der Waals surface area contributed by atoms with Gasteiger partial charge < -0.3 is 25.8 Å². The van der Waals surface area contributed by atoms with Crippen LogP contribution in [0.25, 0.3) is 5.52 Å². The van der Waals surface area contributed by atoms with Crippen LogP contribution < -0.4 is 20.7 Å². The molecule has 0 bridgehead atoms. The molecule has 1 saturated heterocycles. The number of aromatic nitrogens is 3. The Hall–Kier alpha value is -3.91. The Morgan fingerprint density at radius 2 is 2.26 bits per heavy atom. The third-order valence-electron chi connectivity index (χ3n) is 5.56. The quantitative estimate of drug-likeness (QED) is 0.171. The number of hydrogen-bond acceptors (Lipinski definition) is 10. The molecule has 3 N–H and O–H groups in total. The summed E-state index contributed by atoms with van der Waals surface area (Å²) in [6, 6.07) is 4.80. The van der Waals surface area contributed by atoms with Gasteiger partial charge in [0.1, 0.15) is 37.0 Å². The summed E-state index contributed by atoms with van der Waals surface area (Å²) >= 11 is 2.49. The van der Waals surface area contributed by atoms with Crippen molar-refractivity contribution in [2.24, 2.45) is 5.16 Å². The highest BCUT2D eigenvalue weighted by Crippen LogP contribution is 2.40. The van der Waals surface area contributed by atoms with E-state index in [9.17, 15) is 19.5 Å². The van der Waals surface area contributed by atoms with Crippen LogP contribution in [0.5, 0.6) is 0 Å². The van der Waals surface area contributed by atoms with E-state index in [0.717, 1.165) is 16.9 Å². The maximum Gasteiger partial charge on any atom is 0.276 e. The van der Waals surface area contributed by atoms with Gasteiger partial charge in [0.05, 0.1) is 17.9 Å². The third-order valence-corrected chi connectivity index (χ3v) is 7.57. The second-order valence-corrected chi connectivity index (χ2v) is 9.74. The summed E-state index contributed by atoms with van der Waals surface area (Å²) < 4.78 is 3.76. The van der Waals surface area contributed by atoms with Crippen LogP contribution in [0.15, 0.2) is 58.7 Å². The molecule has 3 aromatic heterocycles. The Kier molecular flexibility index (Phi) is 5.90. The molecule has 2 aliphatic rings. The summed E-state index contributed by atoms with van der Waals surface area (Å²) in [6.45, 7) is 0.279. The topological polar surface area (TPSA) is 158 Å². The number of oxime groups is 1. The van der Waals surface area contributed by atoms with Gasteiger partial charge in [-0.3, -0.25) is 14.5 Å². The number of carbonyl (C=O) groups is 3. The fraction of sp³-hybridized carbons (Fsp3) is 0.238. The molecule has 3 aromatic rings. The lowest BCUT2D eigenvalue weighted by atomic mass is 10.0. The SMILES string of the molecule is CO/N=C(/C(=O)NC1C(=O)N2C(C(=O)[O-])=C(C[n+]3cc4ccccn4c3)CSC12)c1csc(N)n1. The number of anilines is 1. The normalized spacial score (nSPS) is 20.0. The van der Waals surface area contributed by atoms with Crippen molar-refractivity contribution in [1.82, 2.24) is 19.6 Å². The van der Waals surface area contributed by atoms with Gasteiger partial charge in [-0.05, 0) is 12.1 Å². The third kappa shape index (κ3) is 4.10. The van der Waals surface area contributed by atoms with Gasteiger partial charge in [0.15, 0.2) is 16.4 Å². The van der Waals surface area contributed by atoms with Crippen LogP contribution >= 0.6 is 23.1 Å². The van der Waals surface area contributed by atoms with Crippen LogP contribution in [0.2, 0.25) is 0 Å². The minimum absolute atomic E-state index is 0.138. The number of rotatable bonds is 7. The van der Waals surface area contributed by atoms with Gasteiger partial charge in [0.2, 0.25) is 6.33 Å². The van der Waals surface area contributed by atoms with Crippen molar-refractivity contribution < 1.29 is 28.9 Å². The summed E-state index contributed by atoms with van der Waals surface area (Å²) in [4.78, 5) is 47.8. The first kappa shape index (κ1) is 22.9. The van der Waals surface area contributed by atoms with Crippen LogP contribution in [0.1, 0.15) is 5.69 Å². The maximum atomic E-state index is 13.0. The number of hydrogen-bond donors (Lipinski definition) is 2. The zero-order valence-corrected chi connectivity index (χ0v) is 19.9. The number of carboxylic acids is 1. The monoisotopic (exact) mass is 513 g/mol. The van der Waals surface area contributed by atoms with Gasteiger partial charge in [0.25, 0.3) is 11.8 Å². The molecular weight excluding hydrogens is 494 g/mol. The number of aliphatic carboxylic acids is 1. The van der Waals surface area contributed by atoms with Crippen LogP contribution in [-0.2, 0) is 25.8 Å². The number of thioether (sulfide) groups is 1. The van der Waals surface area contributed by atoms with Crippen molar-refractivity contribution in [3.63, 3.8) is 0 Å². The van der Waals surface area contributed by atoms with Gasteiger partial charge in [-0.1, -0.05) is 11.2 Å². The number of thiazole rings is 1. The predicted molar refractivity (Wildman–Crippen MR) is 125 cm³/mol. The Morgan fingerprint density at radius 1 is 1.43 bits per heavy atom. The molecule has 12 nitrogen and oxygen atoms in total. The molecule has 35 heavy (non-hydrogen) atoms. The van der Waals surface area contributed by atoms with Crippen molar-refractivity contribution in [2.45, 2.75) is 18.0 Å². The first-order valence-corrected chi connectivity index (χ1v) is 12.3. The molecule has 180 valence electrons. The Bertz CT molecular complexity index is 1380. The van der Waals surface area contributed by atoms with Crippen molar-refractivity contribution >= 4 is 57.2 Å². The fourth-order valence-corrected chi connectivity index (χ4v) is 5.93. The van der Waals surface area contributed by atoms with E-state index in [1.165, 1.54) is 23.8 Å². The van der Waals surface area contributed by atoms with E-state index in [4.69, 9.17) is 10.6 Å². The number of carboxylic acid groups (broad SMARTS) is 1. The van der Waals surface area contributed by atoms with Crippen molar-refractivity contribution in [2.75, 3.05) is 18.6 Å². The smallest absolute Gasteiger partial charge is 0.276 e. The summed E-state index contributed by atoms with van der Waals surface area (Å²) in [6.07, 6.45) is 5.62. The second-order valence-electron chi connectivity index (χ2n) is 7.74. The van der Waals surface area contributed by atoms with Crippen LogP contribution in [0.4, 0.5) is 5.13 Å². The van der Waals surface area contributed by atoms with Crippen molar-refractivity contribution in [3.8, 4) is 0 Å². The molecule has 0 spiro atoms. The molecule has 2 unspecified atom stereocenters. The van der Waals surface area contributed by atoms with Crippen LogP contribution in [0, 0.1) is 0 Å². The zero-order valence-electron chi connectivity index (χ0n) is 18.3. The molecule has 5 rings (SSSR count). The highest BCUT2D eigenvalue weighted by molar-refractivity contribution is 8.00. The number of nitrogens with zero attached hydrogens (tertiary/aromatic N) is 5. The van der Waals surface area contributed by atoms with E-state index in [1.54, 1.807) is 5.38 Å². The standard InChI is InChI=1S/C21H19N7O5S2/c1-33-25-14(13-9-35-21(22)23-13)17(29)24-15-18(30)28-16(20(31)32)11(8-34-19(15)28)6-26-7-12-4-2-3-5-27(12)10-26/h2-5,7,9-10,15,19H,6,8H2,1H3,(H3-,22,23,24,29,31,32)/b25-14+. The van der Waals surface area contributed by atoms with Gasteiger partial charge in [-0.25, -0.2) is 14.0 Å². The molecular formula is C21H19N7O5S2. The highest BCUT2D eigenvalue weighted by Gasteiger charge is 2.53. The Balaban J connectivity index is 1.36. The number of nitrogen functional groups attached to an aromatic ring is 1. The maximum absolute atomic E-state index is 13.0. The molecule has 0 aromatic carbocycles. The molecule has 0 radical (unpaired) electrons. The van der Waals surface area contributed by atoms with Crippen LogP contribution in [0.3, 0.4) is 0 Å². The molecule has 0 saturated carbocycles. The number of pyridine rings is 1. The number of nitrogens with two attached hydrogens (primary N) is 1. The average molecular weight is 514 g/mol. The average Bonchev–Trinajstić information content (AvgIpc) is 3.45. The van der Waals surface area contributed by atoms with E-state index in [-0.39, 0.29) is 28.8 Å². The highest BCUT2D eigenvalue weighted by atomic mass is 32.2. The molecule has 0 aliphatic carbocycles. The lowest BCUT2D eigenvalue weighted by molar-refractivity contribution is -0.687. The van der Waals surface area contributed by atoms with E-state index < -0.39 is 29.2 Å². The summed E-state index contributed by atoms with van der Waals surface area (Å²) in [5.41, 5.74) is 7.04. The molecule has 1 fully saturated rings. The van der Waals surface area contributed by atoms with E-state index >= 15 is 0 Å². The van der Waals surface area contributed by atoms with Crippen molar-refractivity contribution in [3.05, 3.63) is 59.3 Å². The number of nitrogens with one attached hydrogen (secondary N) is 1. The van der Waals surface area contributed by atoms with Gasteiger partial charge in [-0.2, -0.15) is 0 Å². The predicted octanol–water partition coefficient (Wildman–Crippen LogP) is -1.28. The largest absolute Gasteiger partial charge is 0.543 e. The lowest BCUT2D eigenvalue weighted by Crippen LogP contribution is -2.71. The minimum atomic E-state index is -1.44. The van der Waals surface area contributed by atoms with E-state index in [2.05, 4.69) is 15.5 Å². The number of amides is 2. The number of imidazole rings is 1. The lowest BCUT2D eigenvalue weighted by Gasteiger charge is -2.50. The first-order valence-electron chi connectivity index (χ1n) is 10.3.